The van der Waals surface area contributed by atoms with Gasteiger partial charge in [-0.15, -0.1) is 12.4 Å². The van der Waals surface area contributed by atoms with E-state index in [0.29, 0.717) is 12.5 Å². The van der Waals surface area contributed by atoms with Gasteiger partial charge in [-0.3, -0.25) is 4.79 Å². The van der Waals surface area contributed by atoms with Crippen LogP contribution >= 0.6 is 12.4 Å². The largest absolute Gasteiger partial charge is 0.350 e. The van der Waals surface area contributed by atoms with Crippen LogP contribution in [0, 0.1) is 19.8 Å². The third-order valence-corrected chi connectivity index (χ3v) is 3.36. The molecule has 1 aliphatic carbocycles. The van der Waals surface area contributed by atoms with Crippen molar-refractivity contribution in [2.24, 2.45) is 11.7 Å². The van der Waals surface area contributed by atoms with Crippen molar-refractivity contribution in [1.29, 1.82) is 0 Å². The number of carbonyl (C=O) groups is 1. The molecular formula is C14H21ClN2O. The van der Waals surface area contributed by atoms with Crippen molar-refractivity contribution < 1.29 is 4.79 Å². The zero-order valence-corrected chi connectivity index (χ0v) is 11.7. The fourth-order valence-electron chi connectivity index (χ4n) is 1.98. The van der Waals surface area contributed by atoms with Crippen LogP contribution in [0.4, 0.5) is 0 Å². The topological polar surface area (TPSA) is 55.1 Å². The molecule has 0 saturated heterocycles. The van der Waals surface area contributed by atoms with E-state index in [-0.39, 0.29) is 24.4 Å². The molecule has 1 aromatic carbocycles. The van der Waals surface area contributed by atoms with E-state index in [9.17, 15) is 4.79 Å². The summed E-state index contributed by atoms with van der Waals surface area (Å²) in [5.74, 6) is 0.608. The van der Waals surface area contributed by atoms with E-state index >= 15 is 0 Å². The molecule has 1 aliphatic rings. The summed E-state index contributed by atoms with van der Waals surface area (Å²) in [5.41, 5.74) is 8.83. The van der Waals surface area contributed by atoms with Gasteiger partial charge in [-0.25, -0.2) is 0 Å². The van der Waals surface area contributed by atoms with Crippen molar-refractivity contribution in [3.05, 3.63) is 34.9 Å². The molecule has 1 saturated carbocycles. The first kappa shape index (κ1) is 15.0. The Morgan fingerprint density at radius 3 is 2.72 bits per heavy atom. The number of hydrogen-bond acceptors (Lipinski definition) is 2. The first-order valence-electron chi connectivity index (χ1n) is 6.19. The summed E-state index contributed by atoms with van der Waals surface area (Å²) in [7, 11) is 0. The monoisotopic (exact) mass is 268 g/mol. The number of nitrogens with one attached hydrogen (secondary N) is 1. The number of amides is 1. The van der Waals surface area contributed by atoms with Gasteiger partial charge in [0.1, 0.15) is 0 Å². The van der Waals surface area contributed by atoms with E-state index in [0.717, 1.165) is 16.7 Å². The average molecular weight is 269 g/mol. The maximum absolute atomic E-state index is 12.0. The molecular weight excluding hydrogens is 248 g/mol. The van der Waals surface area contributed by atoms with Crippen molar-refractivity contribution >= 4 is 18.3 Å². The van der Waals surface area contributed by atoms with Crippen LogP contribution < -0.4 is 11.1 Å². The number of carbonyl (C=O) groups excluding carboxylic acids is 1. The third-order valence-electron chi connectivity index (χ3n) is 3.36. The molecule has 1 aromatic rings. The van der Waals surface area contributed by atoms with Gasteiger partial charge in [0.15, 0.2) is 0 Å². The molecule has 0 radical (unpaired) electrons. The van der Waals surface area contributed by atoms with Gasteiger partial charge in [0.2, 0.25) is 0 Å². The Balaban J connectivity index is 0.00000162. The fraction of sp³-hybridized carbons (Fsp3) is 0.500. The minimum atomic E-state index is -0.0118. The first-order chi connectivity index (χ1) is 8.08. The number of benzene rings is 1. The van der Waals surface area contributed by atoms with Gasteiger partial charge in [-0.05, 0) is 44.2 Å². The minimum absolute atomic E-state index is 0. The quantitative estimate of drug-likeness (QED) is 0.880. The Hall–Kier alpha value is -1.06. The van der Waals surface area contributed by atoms with Crippen LogP contribution in [-0.2, 0) is 0 Å². The second-order valence-electron chi connectivity index (χ2n) is 5.03. The van der Waals surface area contributed by atoms with Crippen LogP contribution in [0.1, 0.15) is 34.3 Å². The number of nitrogens with two attached hydrogens (primary N) is 1. The van der Waals surface area contributed by atoms with E-state index in [1.54, 1.807) is 0 Å². The summed E-state index contributed by atoms with van der Waals surface area (Å²) in [5, 5.41) is 2.92. The highest BCUT2D eigenvalue weighted by atomic mass is 35.5. The lowest BCUT2D eigenvalue weighted by Gasteiger charge is -2.13. The Morgan fingerprint density at radius 2 is 2.11 bits per heavy atom. The lowest BCUT2D eigenvalue weighted by molar-refractivity contribution is 0.0949. The first-order valence-corrected chi connectivity index (χ1v) is 6.19. The molecule has 18 heavy (non-hydrogen) atoms. The van der Waals surface area contributed by atoms with E-state index in [1.807, 2.05) is 32.0 Å². The van der Waals surface area contributed by atoms with E-state index in [2.05, 4.69) is 5.32 Å². The molecule has 1 amide bonds. The maximum Gasteiger partial charge on any atom is 0.251 e. The summed E-state index contributed by atoms with van der Waals surface area (Å²) in [6.07, 6.45) is 2.42. The molecule has 0 heterocycles. The fourth-order valence-corrected chi connectivity index (χ4v) is 1.98. The Kier molecular flexibility index (Phi) is 5.17. The third kappa shape index (κ3) is 3.72. The standard InChI is InChI=1S/C14H20N2O.ClH/c1-9-3-4-10(2)12(7-9)14(17)16-8-13(15)11-5-6-11;/h3-4,7,11,13H,5-6,8,15H2,1-2H3,(H,16,17);1H. The summed E-state index contributed by atoms with van der Waals surface area (Å²) in [6, 6.07) is 6.03. The molecule has 1 unspecified atom stereocenters. The highest BCUT2D eigenvalue weighted by Gasteiger charge is 2.28. The molecule has 1 fully saturated rings. The molecule has 100 valence electrons. The minimum Gasteiger partial charge on any atom is -0.350 e. The van der Waals surface area contributed by atoms with Gasteiger partial charge in [0, 0.05) is 18.2 Å². The lowest BCUT2D eigenvalue weighted by Crippen LogP contribution is -2.38. The molecule has 2 rings (SSSR count). The lowest BCUT2D eigenvalue weighted by atomic mass is 10.0. The van der Waals surface area contributed by atoms with Crippen LogP contribution in [0.2, 0.25) is 0 Å². The van der Waals surface area contributed by atoms with Gasteiger partial charge in [0.25, 0.3) is 5.91 Å². The van der Waals surface area contributed by atoms with Crippen molar-refractivity contribution in [2.45, 2.75) is 32.7 Å². The summed E-state index contributed by atoms with van der Waals surface area (Å²) >= 11 is 0. The van der Waals surface area contributed by atoms with Crippen LogP contribution in [-0.4, -0.2) is 18.5 Å². The second kappa shape index (κ2) is 6.21. The summed E-state index contributed by atoms with van der Waals surface area (Å²) in [4.78, 5) is 12.0. The number of rotatable bonds is 4. The molecule has 0 spiro atoms. The van der Waals surface area contributed by atoms with Crippen molar-refractivity contribution in [2.75, 3.05) is 6.54 Å². The predicted octanol–water partition coefficient (Wildman–Crippen LogP) is 2.19. The Labute approximate surface area is 115 Å². The summed E-state index contributed by atoms with van der Waals surface area (Å²) < 4.78 is 0. The van der Waals surface area contributed by atoms with E-state index in [1.165, 1.54) is 12.8 Å². The second-order valence-corrected chi connectivity index (χ2v) is 5.03. The molecule has 3 nitrogen and oxygen atoms in total. The SMILES string of the molecule is Cc1ccc(C)c(C(=O)NCC(N)C2CC2)c1.Cl. The van der Waals surface area contributed by atoms with E-state index in [4.69, 9.17) is 5.73 Å². The van der Waals surface area contributed by atoms with Crippen molar-refractivity contribution in [3.8, 4) is 0 Å². The smallest absolute Gasteiger partial charge is 0.251 e. The Bertz CT molecular complexity index is 430. The van der Waals surface area contributed by atoms with Gasteiger partial charge in [0.05, 0.1) is 0 Å². The zero-order valence-electron chi connectivity index (χ0n) is 10.9. The zero-order chi connectivity index (χ0) is 12.4. The van der Waals surface area contributed by atoms with Crippen LogP contribution in [0.15, 0.2) is 18.2 Å². The maximum atomic E-state index is 12.0. The van der Waals surface area contributed by atoms with Crippen molar-refractivity contribution in [1.82, 2.24) is 5.32 Å². The Morgan fingerprint density at radius 1 is 1.44 bits per heavy atom. The van der Waals surface area contributed by atoms with Gasteiger partial charge < -0.3 is 11.1 Å². The van der Waals surface area contributed by atoms with Crippen LogP contribution in [0.3, 0.4) is 0 Å². The number of aryl methyl sites for hydroxylation is 2. The molecule has 0 bridgehead atoms. The van der Waals surface area contributed by atoms with Gasteiger partial charge in [-0.1, -0.05) is 17.7 Å². The van der Waals surface area contributed by atoms with Crippen molar-refractivity contribution in [3.63, 3.8) is 0 Å². The van der Waals surface area contributed by atoms with E-state index < -0.39 is 0 Å². The van der Waals surface area contributed by atoms with Gasteiger partial charge in [-0.2, -0.15) is 0 Å². The molecule has 4 heteroatoms. The normalized spacial score (nSPS) is 15.7. The highest BCUT2D eigenvalue weighted by Crippen LogP contribution is 2.31. The molecule has 3 N–H and O–H groups in total. The number of hydrogen-bond donors (Lipinski definition) is 2. The number of halogens is 1. The highest BCUT2D eigenvalue weighted by molar-refractivity contribution is 5.95. The van der Waals surface area contributed by atoms with Gasteiger partial charge >= 0.3 is 0 Å². The molecule has 0 aromatic heterocycles. The predicted molar refractivity (Wildman–Crippen MR) is 76.2 cm³/mol. The summed E-state index contributed by atoms with van der Waals surface area (Å²) in [6.45, 7) is 4.53. The average Bonchev–Trinajstić information content (AvgIpc) is 3.12. The van der Waals surface area contributed by atoms with Crippen LogP contribution in [0.25, 0.3) is 0 Å². The molecule has 1 atom stereocenters. The molecule has 0 aliphatic heterocycles. The van der Waals surface area contributed by atoms with Crippen LogP contribution in [0.5, 0.6) is 0 Å².